The summed E-state index contributed by atoms with van der Waals surface area (Å²) in [5, 5.41) is 9.43. The smallest absolute Gasteiger partial charge is 0.160 e. The van der Waals surface area contributed by atoms with Gasteiger partial charge >= 0.3 is 0 Å². The molecular weight excluding hydrogens is 717 g/mol. The van der Waals surface area contributed by atoms with Crippen molar-refractivity contribution in [3.05, 3.63) is 206 Å². The quantitative estimate of drug-likeness (QED) is 0.165. The van der Waals surface area contributed by atoms with E-state index >= 15 is 0 Å². The molecule has 0 amide bonds. The maximum Gasteiger partial charge on any atom is 0.160 e. The first kappa shape index (κ1) is 33.2. The summed E-state index contributed by atoms with van der Waals surface area (Å²) in [7, 11) is 0. The molecule has 12 rings (SSSR count). The largest absolute Gasteiger partial charge is 0.309 e. The van der Waals surface area contributed by atoms with Crippen LogP contribution in [0.25, 0.3) is 116 Å². The molecule has 3 aromatic heterocycles. The lowest BCUT2D eigenvalue weighted by atomic mass is 9.94. The van der Waals surface area contributed by atoms with Crippen LogP contribution in [0, 0.1) is 0 Å². The minimum absolute atomic E-state index is 0.707. The van der Waals surface area contributed by atoms with Crippen molar-refractivity contribution in [1.82, 2.24) is 19.5 Å². The predicted molar refractivity (Wildman–Crippen MR) is 246 cm³/mol. The van der Waals surface area contributed by atoms with Crippen LogP contribution in [0.1, 0.15) is 0 Å². The summed E-state index contributed by atoms with van der Waals surface area (Å²) in [6, 6.07) is 73.2. The van der Waals surface area contributed by atoms with Crippen molar-refractivity contribution >= 4 is 65.2 Å². The molecule has 12 aromatic rings. The van der Waals surface area contributed by atoms with E-state index in [1.54, 1.807) is 0 Å². The molecule has 0 bridgehead atoms. The standard InChI is InChI=1S/C55H34N4/c1-2-17-42(18-3-1)59-49-24-11-8-21-45(49)52-50(59)32-31-46-51(52)43-19-6-9-22-47(43)56-54(46)40-16-12-15-39(33-40)36-25-28-37(29-26-36)55-57-48-23-10-7-20-44(48)53(58-55)41-30-27-35-13-4-5-14-38(35)34-41/h1-34H. The zero-order chi connectivity index (χ0) is 38.9. The first-order valence-corrected chi connectivity index (χ1v) is 20.0. The highest BCUT2D eigenvalue weighted by atomic mass is 15.0. The number of rotatable bonds is 5. The Bertz CT molecular complexity index is 3600. The molecule has 9 aromatic carbocycles. The molecule has 274 valence electrons. The molecule has 59 heavy (non-hydrogen) atoms. The second kappa shape index (κ2) is 13.3. The lowest BCUT2D eigenvalue weighted by molar-refractivity contribution is 1.18. The zero-order valence-electron chi connectivity index (χ0n) is 31.9. The third-order valence-corrected chi connectivity index (χ3v) is 11.8. The molecule has 0 atom stereocenters. The number of fused-ring (bicyclic) bond motifs is 9. The SMILES string of the molecule is c1ccc(-n2c3ccccc3c3c4c(ccc32)c(-c2cccc(-c3ccc(-c5nc(-c6ccc7ccccc7c6)c6ccccc6n5)cc3)c2)nc2ccccc24)cc1. The Labute approximate surface area is 340 Å². The number of hydrogen-bond acceptors (Lipinski definition) is 3. The van der Waals surface area contributed by atoms with E-state index in [4.69, 9.17) is 15.0 Å². The Kier molecular flexibility index (Phi) is 7.50. The van der Waals surface area contributed by atoms with Gasteiger partial charge in [-0.05, 0) is 70.4 Å². The van der Waals surface area contributed by atoms with E-state index in [9.17, 15) is 0 Å². The highest BCUT2D eigenvalue weighted by Crippen LogP contribution is 2.43. The van der Waals surface area contributed by atoms with Gasteiger partial charge in [0.2, 0.25) is 0 Å². The van der Waals surface area contributed by atoms with Crippen LogP contribution in [0.5, 0.6) is 0 Å². The number of nitrogens with zero attached hydrogens (tertiary/aromatic N) is 4. The molecule has 4 nitrogen and oxygen atoms in total. The maximum atomic E-state index is 5.37. The minimum Gasteiger partial charge on any atom is -0.309 e. The Balaban J connectivity index is 0.977. The van der Waals surface area contributed by atoms with Gasteiger partial charge in [-0.2, -0.15) is 0 Å². The maximum absolute atomic E-state index is 5.37. The lowest BCUT2D eigenvalue weighted by Gasteiger charge is -2.14. The van der Waals surface area contributed by atoms with E-state index in [0.29, 0.717) is 5.82 Å². The van der Waals surface area contributed by atoms with Gasteiger partial charge in [-0.1, -0.05) is 158 Å². The van der Waals surface area contributed by atoms with Crippen LogP contribution >= 0.6 is 0 Å². The molecule has 0 radical (unpaired) electrons. The molecule has 0 saturated heterocycles. The molecule has 3 heterocycles. The Morgan fingerprint density at radius 1 is 0.305 bits per heavy atom. The lowest BCUT2D eigenvalue weighted by Crippen LogP contribution is -1.95. The summed E-state index contributed by atoms with van der Waals surface area (Å²) in [6.07, 6.45) is 0. The average molecular weight is 751 g/mol. The van der Waals surface area contributed by atoms with Gasteiger partial charge in [0, 0.05) is 54.7 Å². The molecule has 4 heteroatoms. The van der Waals surface area contributed by atoms with Crippen molar-refractivity contribution < 1.29 is 0 Å². The fraction of sp³-hybridized carbons (Fsp3) is 0. The van der Waals surface area contributed by atoms with Crippen molar-refractivity contribution in [1.29, 1.82) is 0 Å². The summed E-state index contributed by atoms with van der Waals surface area (Å²) in [5.74, 6) is 0.707. The second-order valence-corrected chi connectivity index (χ2v) is 15.2. The number of pyridine rings is 1. The van der Waals surface area contributed by atoms with Crippen LogP contribution < -0.4 is 0 Å². The molecule has 0 saturated carbocycles. The number of hydrogen-bond donors (Lipinski definition) is 0. The number of aromatic nitrogens is 4. The summed E-state index contributed by atoms with van der Waals surface area (Å²) in [4.78, 5) is 15.6. The van der Waals surface area contributed by atoms with E-state index in [1.165, 1.54) is 38.0 Å². The molecule has 0 aliphatic rings. The zero-order valence-corrected chi connectivity index (χ0v) is 31.9. The van der Waals surface area contributed by atoms with Crippen molar-refractivity contribution in [2.45, 2.75) is 0 Å². The Morgan fingerprint density at radius 3 is 1.78 bits per heavy atom. The highest BCUT2D eigenvalue weighted by Gasteiger charge is 2.20. The normalized spacial score (nSPS) is 11.7. The third kappa shape index (κ3) is 5.42. The van der Waals surface area contributed by atoms with Gasteiger partial charge in [0.15, 0.2) is 5.82 Å². The summed E-state index contributed by atoms with van der Waals surface area (Å²) in [5.41, 5.74) is 12.7. The fourth-order valence-corrected chi connectivity index (χ4v) is 9.00. The molecule has 0 aliphatic carbocycles. The first-order chi connectivity index (χ1) is 29.2. The van der Waals surface area contributed by atoms with E-state index in [-0.39, 0.29) is 0 Å². The van der Waals surface area contributed by atoms with Gasteiger partial charge in [0.25, 0.3) is 0 Å². The minimum atomic E-state index is 0.707. The van der Waals surface area contributed by atoms with Crippen LogP contribution in [0.2, 0.25) is 0 Å². The summed E-state index contributed by atoms with van der Waals surface area (Å²) < 4.78 is 2.39. The van der Waals surface area contributed by atoms with Gasteiger partial charge < -0.3 is 4.57 Å². The van der Waals surface area contributed by atoms with Crippen molar-refractivity contribution in [3.8, 4) is 50.7 Å². The Morgan fingerprint density at radius 2 is 0.932 bits per heavy atom. The second-order valence-electron chi connectivity index (χ2n) is 15.2. The number of para-hydroxylation sites is 4. The van der Waals surface area contributed by atoms with E-state index in [1.807, 2.05) is 6.07 Å². The van der Waals surface area contributed by atoms with Crippen LogP contribution in [0.4, 0.5) is 0 Å². The van der Waals surface area contributed by atoms with Crippen molar-refractivity contribution in [3.63, 3.8) is 0 Å². The summed E-state index contributed by atoms with van der Waals surface area (Å²) in [6.45, 7) is 0. The van der Waals surface area contributed by atoms with Gasteiger partial charge in [-0.15, -0.1) is 0 Å². The molecule has 0 aliphatic heterocycles. The van der Waals surface area contributed by atoms with E-state index < -0.39 is 0 Å². The van der Waals surface area contributed by atoms with Crippen LogP contribution in [-0.4, -0.2) is 19.5 Å². The van der Waals surface area contributed by atoms with Crippen molar-refractivity contribution in [2.75, 3.05) is 0 Å². The monoisotopic (exact) mass is 750 g/mol. The predicted octanol–water partition coefficient (Wildman–Crippen LogP) is 14.2. The highest BCUT2D eigenvalue weighted by molar-refractivity contribution is 6.29. The third-order valence-electron chi connectivity index (χ3n) is 11.8. The summed E-state index contributed by atoms with van der Waals surface area (Å²) >= 11 is 0. The number of benzene rings is 9. The van der Waals surface area contributed by atoms with Crippen LogP contribution in [0.15, 0.2) is 206 Å². The molecular formula is C55H34N4. The van der Waals surface area contributed by atoms with E-state index in [2.05, 4.69) is 205 Å². The molecule has 0 N–H and O–H groups in total. The average Bonchev–Trinajstić information content (AvgIpc) is 3.65. The molecule has 0 unspecified atom stereocenters. The van der Waals surface area contributed by atoms with E-state index in [0.717, 1.165) is 72.1 Å². The molecule has 0 spiro atoms. The Hall–Kier alpha value is -7.95. The van der Waals surface area contributed by atoms with Crippen LogP contribution in [0.3, 0.4) is 0 Å². The van der Waals surface area contributed by atoms with Gasteiger partial charge in [0.1, 0.15) is 0 Å². The van der Waals surface area contributed by atoms with Crippen molar-refractivity contribution in [2.24, 2.45) is 0 Å². The topological polar surface area (TPSA) is 43.6 Å². The first-order valence-electron chi connectivity index (χ1n) is 20.0. The molecule has 0 fully saturated rings. The van der Waals surface area contributed by atoms with Gasteiger partial charge in [-0.25, -0.2) is 15.0 Å². The van der Waals surface area contributed by atoms with Gasteiger partial charge in [-0.3, -0.25) is 0 Å². The fourth-order valence-electron chi connectivity index (χ4n) is 9.00. The van der Waals surface area contributed by atoms with Gasteiger partial charge in [0.05, 0.1) is 33.5 Å². The van der Waals surface area contributed by atoms with Crippen LogP contribution in [-0.2, 0) is 0 Å².